The number of hydrogen-bond acceptors (Lipinski definition) is 4. The molecule has 0 aliphatic carbocycles. The summed E-state index contributed by atoms with van der Waals surface area (Å²) in [6.45, 7) is 0.609. The van der Waals surface area contributed by atoms with E-state index in [0.717, 1.165) is 22.2 Å². The van der Waals surface area contributed by atoms with Crippen LogP contribution in [-0.2, 0) is 6.42 Å². The lowest BCUT2D eigenvalue weighted by Crippen LogP contribution is -2.33. The number of nitrogens with one attached hydrogen (secondary N) is 1. The van der Waals surface area contributed by atoms with Crippen LogP contribution in [0.15, 0.2) is 35.8 Å². The van der Waals surface area contributed by atoms with E-state index in [1.807, 2.05) is 42.9 Å². The minimum absolute atomic E-state index is 0.256. The third-order valence-corrected chi connectivity index (χ3v) is 3.63. The second-order valence-corrected chi connectivity index (χ2v) is 5.30. The Bertz CT molecular complexity index is 458. The van der Waals surface area contributed by atoms with E-state index < -0.39 is 0 Å². The molecule has 5 heteroatoms. The van der Waals surface area contributed by atoms with Gasteiger partial charge in [-0.1, -0.05) is 11.6 Å². The van der Waals surface area contributed by atoms with E-state index in [2.05, 4.69) is 10.3 Å². The fourth-order valence-corrected chi connectivity index (χ4v) is 2.36. The van der Waals surface area contributed by atoms with Crippen molar-refractivity contribution in [1.29, 1.82) is 0 Å². The number of aromatic nitrogens is 1. The van der Waals surface area contributed by atoms with Crippen LogP contribution in [0.4, 0.5) is 0 Å². The third-order valence-electron chi connectivity index (χ3n) is 2.58. The first kappa shape index (κ1) is 13.3. The molecule has 0 saturated heterocycles. The zero-order valence-electron chi connectivity index (χ0n) is 10.1. The van der Waals surface area contributed by atoms with Crippen LogP contribution in [0.25, 0.3) is 0 Å². The lowest BCUT2D eigenvalue weighted by atomic mass is 10.2. The predicted octanol–water partition coefficient (Wildman–Crippen LogP) is 3.01. The van der Waals surface area contributed by atoms with Crippen molar-refractivity contribution in [2.75, 3.05) is 13.7 Å². The van der Waals surface area contributed by atoms with Crippen LogP contribution >= 0.6 is 22.9 Å². The molecule has 0 fully saturated rings. The number of ether oxygens (including phenoxy) is 1. The molecule has 2 rings (SSSR count). The summed E-state index contributed by atoms with van der Waals surface area (Å²) in [5.41, 5.74) is 0. The first-order valence-electron chi connectivity index (χ1n) is 5.72. The first-order valence-corrected chi connectivity index (χ1v) is 6.97. The average molecular weight is 283 g/mol. The molecule has 1 atom stereocenters. The number of hydrogen-bond donors (Lipinski definition) is 1. The van der Waals surface area contributed by atoms with Crippen molar-refractivity contribution in [2.45, 2.75) is 12.5 Å². The van der Waals surface area contributed by atoms with Gasteiger partial charge in [-0.3, -0.25) is 0 Å². The standard InChI is InChI=1S/C13H15ClN2OS/c1-15-11(8-13-16-6-7-18-13)9-17-12-4-2-10(14)3-5-12/h2-7,11,15H,8-9H2,1H3. The Labute approximate surface area is 116 Å². The molecular weight excluding hydrogens is 268 g/mol. The van der Waals surface area contributed by atoms with Gasteiger partial charge in [0.25, 0.3) is 0 Å². The largest absolute Gasteiger partial charge is 0.492 e. The molecule has 2 aromatic rings. The van der Waals surface area contributed by atoms with Crippen molar-refractivity contribution in [2.24, 2.45) is 0 Å². The average Bonchev–Trinajstić information content (AvgIpc) is 2.89. The zero-order chi connectivity index (χ0) is 12.8. The van der Waals surface area contributed by atoms with E-state index in [-0.39, 0.29) is 6.04 Å². The van der Waals surface area contributed by atoms with Gasteiger partial charge in [-0.25, -0.2) is 4.98 Å². The highest BCUT2D eigenvalue weighted by atomic mass is 35.5. The number of thiazole rings is 1. The van der Waals surface area contributed by atoms with Crippen LogP contribution < -0.4 is 10.1 Å². The van der Waals surface area contributed by atoms with Gasteiger partial charge in [-0.05, 0) is 31.3 Å². The molecule has 1 aromatic heterocycles. The molecule has 0 saturated carbocycles. The molecule has 1 unspecified atom stereocenters. The van der Waals surface area contributed by atoms with Gasteiger partial charge < -0.3 is 10.1 Å². The second kappa shape index (κ2) is 6.73. The highest BCUT2D eigenvalue weighted by molar-refractivity contribution is 7.09. The van der Waals surface area contributed by atoms with Crippen molar-refractivity contribution in [3.63, 3.8) is 0 Å². The summed E-state index contributed by atoms with van der Waals surface area (Å²) in [5, 5.41) is 7.06. The summed E-state index contributed by atoms with van der Waals surface area (Å²) >= 11 is 7.49. The van der Waals surface area contributed by atoms with Gasteiger partial charge in [-0.2, -0.15) is 0 Å². The van der Waals surface area contributed by atoms with E-state index in [4.69, 9.17) is 16.3 Å². The number of likely N-dealkylation sites (N-methyl/N-ethyl adjacent to an activating group) is 1. The Kier molecular flexibility index (Phi) is 4.99. The molecule has 1 N–H and O–H groups in total. The Morgan fingerprint density at radius 3 is 2.78 bits per heavy atom. The molecule has 1 heterocycles. The van der Waals surface area contributed by atoms with Crippen LogP contribution in [0.5, 0.6) is 5.75 Å². The number of halogens is 1. The Morgan fingerprint density at radius 2 is 2.17 bits per heavy atom. The van der Waals surface area contributed by atoms with Gasteiger partial charge in [-0.15, -0.1) is 11.3 Å². The summed E-state index contributed by atoms with van der Waals surface area (Å²) in [6, 6.07) is 7.65. The predicted molar refractivity (Wildman–Crippen MR) is 75.6 cm³/mol. The molecule has 18 heavy (non-hydrogen) atoms. The minimum Gasteiger partial charge on any atom is -0.492 e. The summed E-state index contributed by atoms with van der Waals surface area (Å²) < 4.78 is 5.72. The highest BCUT2D eigenvalue weighted by Crippen LogP contribution is 2.16. The fourth-order valence-electron chi connectivity index (χ4n) is 1.54. The quantitative estimate of drug-likeness (QED) is 0.884. The third kappa shape index (κ3) is 3.98. The lowest BCUT2D eigenvalue weighted by molar-refractivity contribution is 0.269. The van der Waals surface area contributed by atoms with E-state index in [1.165, 1.54) is 0 Å². The summed E-state index contributed by atoms with van der Waals surface area (Å²) in [5.74, 6) is 0.832. The molecule has 0 aliphatic rings. The van der Waals surface area contributed by atoms with Crippen LogP contribution in [0.3, 0.4) is 0 Å². The topological polar surface area (TPSA) is 34.1 Å². The molecular formula is C13H15ClN2OS. The molecule has 3 nitrogen and oxygen atoms in total. The van der Waals surface area contributed by atoms with Crippen molar-refractivity contribution >= 4 is 22.9 Å². The minimum atomic E-state index is 0.256. The fraction of sp³-hybridized carbons (Fsp3) is 0.308. The van der Waals surface area contributed by atoms with Crippen LogP contribution in [0, 0.1) is 0 Å². The summed E-state index contributed by atoms with van der Waals surface area (Å²) in [4.78, 5) is 4.28. The Morgan fingerprint density at radius 1 is 1.39 bits per heavy atom. The Balaban J connectivity index is 1.85. The van der Waals surface area contributed by atoms with Crippen molar-refractivity contribution in [3.8, 4) is 5.75 Å². The van der Waals surface area contributed by atoms with Crippen molar-refractivity contribution < 1.29 is 4.74 Å². The molecule has 0 radical (unpaired) electrons. The van der Waals surface area contributed by atoms with Crippen molar-refractivity contribution in [1.82, 2.24) is 10.3 Å². The highest BCUT2D eigenvalue weighted by Gasteiger charge is 2.09. The second-order valence-electron chi connectivity index (χ2n) is 3.88. The van der Waals surface area contributed by atoms with Gasteiger partial charge in [0, 0.05) is 29.1 Å². The molecule has 0 spiro atoms. The SMILES string of the molecule is CNC(COc1ccc(Cl)cc1)Cc1nccs1. The first-order chi connectivity index (χ1) is 8.78. The van der Waals surface area contributed by atoms with Gasteiger partial charge in [0.1, 0.15) is 12.4 Å². The van der Waals surface area contributed by atoms with E-state index >= 15 is 0 Å². The maximum Gasteiger partial charge on any atom is 0.119 e. The van der Waals surface area contributed by atoms with Gasteiger partial charge in [0.15, 0.2) is 0 Å². The number of rotatable bonds is 6. The molecule has 96 valence electrons. The molecule has 0 bridgehead atoms. The monoisotopic (exact) mass is 282 g/mol. The zero-order valence-corrected chi connectivity index (χ0v) is 11.7. The summed E-state index contributed by atoms with van der Waals surface area (Å²) in [6.07, 6.45) is 2.70. The van der Waals surface area contributed by atoms with E-state index in [0.29, 0.717) is 6.61 Å². The molecule has 0 aliphatic heterocycles. The van der Waals surface area contributed by atoms with E-state index in [1.54, 1.807) is 11.3 Å². The molecule has 1 aromatic carbocycles. The molecule has 0 amide bonds. The van der Waals surface area contributed by atoms with Gasteiger partial charge in [0.2, 0.25) is 0 Å². The maximum atomic E-state index is 5.82. The lowest BCUT2D eigenvalue weighted by Gasteiger charge is -2.15. The van der Waals surface area contributed by atoms with Gasteiger partial charge in [0.05, 0.1) is 5.01 Å². The van der Waals surface area contributed by atoms with Crippen molar-refractivity contribution in [3.05, 3.63) is 45.9 Å². The van der Waals surface area contributed by atoms with Gasteiger partial charge >= 0.3 is 0 Å². The smallest absolute Gasteiger partial charge is 0.119 e. The van der Waals surface area contributed by atoms with Crippen LogP contribution in [0.1, 0.15) is 5.01 Å². The number of benzene rings is 1. The van der Waals surface area contributed by atoms with E-state index in [9.17, 15) is 0 Å². The Hall–Kier alpha value is -1.10. The van der Waals surface area contributed by atoms with Crippen LogP contribution in [-0.4, -0.2) is 24.7 Å². The van der Waals surface area contributed by atoms with Crippen LogP contribution in [0.2, 0.25) is 5.02 Å². The maximum absolute atomic E-state index is 5.82. The summed E-state index contributed by atoms with van der Waals surface area (Å²) in [7, 11) is 1.93. The normalized spacial score (nSPS) is 12.3. The number of nitrogens with zero attached hydrogens (tertiary/aromatic N) is 1.